The fraction of sp³-hybridized carbons (Fsp3) is 0.211. The smallest absolute Gasteiger partial charge is 0.262 e. The lowest BCUT2D eigenvalue weighted by Crippen LogP contribution is -2.20. The third-order valence-corrected chi connectivity index (χ3v) is 4.37. The Morgan fingerprint density at radius 1 is 1.04 bits per heavy atom. The van der Waals surface area contributed by atoms with E-state index in [1.54, 1.807) is 7.05 Å². The van der Waals surface area contributed by atoms with Crippen molar-refractivity contribution >= 4 is 22.4 Å². The lowest BCUT2D eigenvalue weighted by molar-refractivity contribution is 0.855. The second-order valence-electron chi connectivity index (χ2n) is 6.36. The van der Waals surface area contributed by atoms with Crippen molar-refractivity contribution in [2.45, 2.75) is 20.4 Å². The number of aromatic nitrogens is 4. The standard InChI is InChI=1S/C19H19N5O/c1-12-8-13(2)10-14(9-12)20-11-17-21-22-19-23(3)18(25)15-6-4-5-7-16(15)24(17)19/h4-10,20H,11H2,1-3H3. The van der Waals surface area contributed by atoms with Crippen LogP contribution in [-0.2, 0) is 13.6 Å². The molecule has 25 heavy (non-hydrogen) atoms. The van der Waals surface area contributed by atoms with Crippen LogP contribution in [0.3, 0.4) is 0 Å². The van der Waals surface area contributed by atoms with Gasteiger partial charge in [-0.1, -0.05) is 18.2 Å². The molecule has 6 heteroatoms. The Hall–Kier alpha value is -3.15. The summed E-state index contributed by atoms with van der Waals surface area (Å²) in [6, 6.07) is 13.9. The normalized spacial score (nSPS) is 11.3. The summed E-state index contributed by atoms with van der Waals surface area (Å²) in [7, 11) is 1.72. The van der Waals surface area contributed by atoms with Crippen molar-refractivity contribution in [2.24, 2.45) is 7.05 Å². The van der Waals surface area contributed by atoms with Gasteiger partial charge in [0.05, 0.1) is 17.4 Å². The first-order valence-electron chi connectivity index (χ1n) is 8.18. The molecule has 0 aliphatic carbocycles. The quantitative estimate of drug-likeness (QED) is 0.626. The van der Waals surface area contributed by atoms with Gasteiger partial charge in [-0.05, 0) is 49.2 Å². The summed E-state index contributed by atoms with van der Waals surface area (Å²) >= 11 is 0. The van der Waals surface area contributed by atoms with Gasteiger partial charge >= 0.3 is 0 Å². The van der Waals surface area contributed by atoms with Crippen LogP contribution in [0.2, 0.25) is 0 Å². The molecule has 4 rings (SSSR count). The van der Waals surface area contributed by atoms with Gasteiger partial charge in [0.2, 0.25) is 5.78 Å². The van der Waals surface area contributed by atoms with E-state index in [-0.39, 0.29) is 5.56 Å². The van der Waals surface area contributed by atoms with Crippen molar-refractivity contribution in [3.63, 3.8) is 0 Å². The Morgan fingerprint density at radius 3 is 2.52 bits per heavy atom. The molecule has 0 aliphatic heterocycles. The highest BCUT2D eigenvalue weighted by Gasteiger charge is 2.14. The molecule has 1 N–H and O–H groups in total. The molecule has 0 aliphatic rings. The number of para-hydroxylation sites is 1. The Kier molecular flexibility index (Phi) is 3.53. The topological polar surface area (TPSA) is 64.2 Å². The molecule has 2 aromatic heterocycles. The Bertz CT molecular complexity index is 1140. The molecule has 0 amide bonds. The van der Waals surface area contributed by atoms with Crippen LogP contribution in [0, 0.1) is 13.8 Å². The molecule has 2 heterocycles. The largest absolute Gasteiger partial charge is 0.378 e. The van der Waals surface area contributed by atoms with Gasteiger partial charge in [-0.15, -0.1) is 10.2 Å². The monoisotopic (exact) mass is 333 g/mol. The SMILES string of the molecule is Cc1cc(C)cc(NCc2nnc3n(C)c(=O)c4ccccc4n23)c1. The van der Waals surface area contributed by atoms with Crippen molar-refractivity contribution in [1.29, 1.82) is 0 Å². The predicted molar refractivity (Wildman–Crippen MR) is 99.0 cm³/mol. The average molecular weight is 333 g/mol. The van der Waals surface area contributed by atoms with E-state index < -0.39 is 0 Å². The van der Waals surface area contributed by atoms with Crippen LogP contribution in [0.25, 0.3) is 16.7 Å². The van der Waals surface area contributed by atoms with E-state index in [1.165, 1.54) is 15.7 Å². The second kappa shape index (κ2) is 5.73. The van der Waals surface area contributed by atoms with Gasteiger partial charge in [-0.25, -0.2) is 0 Å². The molecular weight excluding hydrogens is 314 g/mol. The Morgan fingerprint density at radius 2 is 1.76 bits per heavy atom. The highest BCUT2D eigenvalue weighted by molar-refractivity contribution is 5.80. The minimum atomic E-state index is -0.0654. The number of hydrogen-bond donors (Lipinski definition) is 1. The third kappa shape index (κ3) is 2.55. The van der Waals surface area contributed by atoms with Crippen LogP contribution < -0.4 is 10.9 Å². The summed E-state index contributed by atoms with van der Waals surface area (Å²) < 4.78 is 3.47. The maximum atomic E-state index is 12.5. The zero-order chi connectivity index (χ0) is 17.6. The van der Waals surface area contributed by atoms with E-state index in [1.807, 2.05) is 28.7 Å². The molecule has 0 atom stereocenters. The van der Waals surface area contributed by atoms with Crippen LogP contribution >= 0.6 is 0 Å². The third-order valence-electron chi connectivity index (χ3n) is 4.37. The van der Waals surface area contributed by atoms with Crippen LogP contribution in [0.1, 0.15) is 17.0 Å². The van der Waals surface area contributed by atoms with E-state index in [0.717, 1.165) is 17.0 Å². The maximum Gasteiger partial charge on any atom is 0.262 e. The number of hydrogen-bond acceptors (Lipinski definition) is 4. The van der Waals surface area contributed by atoms with Crippen molar-refractivity contribution < 1.29 is 0 Å². The molecule has 6 nitrogen and oxygen atoms in total. The van der Waals surface area contributed by atoms with E-state index in [2.05, 4.69) is 47.6 Å². The van der Waals surface area contributed by atoms with Gasteiger partial charge in [-0.2, -0.15) is 0 Å². The molecule has 4 aromatic rings. The van der Waals surface area contributed by atoms with E-state index >= 15 is 0 Å². The van der Waals surface area contributed by atoms with Gasteiger partial charge in [0.25, 0.3) is 5.56 Å². The Labute approximate surface area is 144 Å². The molecule has 0 bridgehead atoms. The van der Waals surface area contributed by atoms with Gasteiger partial charge < -0.3 is 5.32 Å². The van der Waals surface area contributed by atoms with Crippen molar-refractivity contribution in [2.75, 3.05) is 5.32 Å². The molecule has 126 valence electrons. The molecular formula is C19H19N5O. The maximum absolute atomic E-state index is 12.5. The lowest BCUT2D eigenvalue weighted by Gasteiger charge is -2.10. The summed E-state index contributed by atoms with van der Waals surface area (Å²) in [5.74, 6) is 1.31. The number of anilines is 1. The fourth-order valence-corrected chi connectivity index (χ4v) is 3.26. The van der Waals surface area contributed by atoms with Gasteiger partial charge in [-0.3, -0.25) is 13.8 Å². The average Bonchev–Trinajstić information content (AvgIpc) is 3.01. The lowest BCUT2D eigenvalue weighted by atomic mass is 10.1. The highest BCUT2D eigenvalue weighted by atomic mass is 16.1. The van der Waals surface area contributed by atoms with Crippen LogP contribution in [0.4, 0.5) is 5.69 Å². The van der Waals surface area contributed by atoms with Crippen LogP contribution in [0.5, 0.6) is 0 Å². The van der Waals surface area contributed by atoms with E-state index in [4.69, 9.17) is 0 Å². The second-order valence-corrected chi connectivity index (χ2v) is 6.36. The zero-order valence-corrected chi connectivity index (χ0v) is 14.4. The highest BCUT2D eigenvalue weighted by Crippen LogP contribution is 2.17. The van der Waals surface area contributed by atoms with Crippen molar-refractivity contribution in [3.8, 4) is 0 Å². The first kappa shape index (κ1) is 15.4. The van der Waals surface area contributed by atoms with Gasteiger partial charge in [0.1, 0.15) is 0 Å². The van der Waals surface area contributed by atoms with Gasteiger partial charge in [0.15, 0.2) is 5.82 Å². The zero-order valence-electron chi connectivity index (χ0n) is 14.4. The van der Waals surface area contributed by atoms with E-state index in [0.29, 0.717) is 17.7 Å². The number of nitrogens with one attached hydrogen (secondary N) is 1. The summed E-state index contributed by atoms with van der Waals surface area (Å²) in [5.41, 5.74) is 4.22. The minimum Gasteiger partial charge on any atom is -0.378 e. The van der Waals surface area contributed by atoms with E-state index in [9.17, 15) is 4.79 Å². The molecule has 0 spiro atoms. The summed E-state index contributed by atoms with van der Waals surface area (Å²) in [5, 5.41) is 12.6. The molecule has 0 saturated carbocycles. The predicted octanol–water partition coefficient (Wildman–Crippen LogP) is 2.81. The summed E-state index contributed by atoms with van der Waals surface area (Å²) in [4.78, 5) is 12.5. The number of nitrogens with zero attached hydrogens (tertiary/aromatic N) is 4. The molecule has 0 saturated heterocycles. The Balaban J connectivity index is 1.82. The molecule has 2 aromatic carbocycles. The number of aryl methyl sites for hydroxylation is 3. The fourth-order valence-electron chi connectivity index (χ4n) is 3.26. The number of rotatable bonds is 3. The van der Waals surface area contributed by atoms with Crippen molar-refractivity contribution in [1.82, 2.24) is 19.2 Å². The summed E-state index contributed by atoms with van der Waals surface area (Å²) in [6.07, 6.45) is 0. The van der Waals surface area contributed by atoms with Crippen molar-refractivity contribution in [3.05, 3.63) is 69.8 Å². The molecule has 0 fully saturated rings. The van der Waals surface area contributed by atoms with Crippen LogP contribution in [0.15, 0.2) is 47.3 Å². The number of benzene rings is 2. The first-order valence-corrected chi connectivity index (χ1v) is 8.18. The van der Waals surface area contributed by atoms with Gasteiger partial charge in [0, 0.05) is 12.7 Å². The van der Waals surface area contributed by atoms with Crippen LogP contribution in [-0.4, -0.2) is 19.2 Å². The molecule has 0 unspecified atom stereocenters. The number of fused-ring (bicyclic) bond motifs is 3. The first-order chi connectivity index (χ1) is 12.0. The minimum absolute atomic E-state index is 0.0654. The molecule has 0 radical (unpaired) electrons. The summed E-state index contributed by atoms with van der Waals surface area (Å²) in [6.45, 7) is 4.67.